The third-order valence-corrected chi connectivity index (χ3v) is 10.5. The van der Waals surface area contributed by atoms with Crippen LogP contribution in [-0.4, -0.2) is 75.9 Å². The van der Waals surface area contributed by atoms with Gasteiger partial charge in [0.25, 0.3) is 0 Å². The molecule has 222 valence electrons. The molecule has 2 amide bonds. The van der Waals surface area contributed by atoms with Crippen LogP contribution >= 0.6 is 0 Å². The smallest absolute Gasteiger partial charge is 0.241 e. The lowest BCUT2D eigenvalue weighted by Crippen LogP contribution is -2.64. The van der Waals surface area contributed by atoms with Gasteiger partial charge in [-0.25, -0.2) is 0 Å². The van der Waals surface area contributed by atoms with Crippen molar-refractivity contribution in [3.05, 3.63) is 29.8 Å². The fourth-order valence-electron chi connectivity index (χ4n) is 8.42. The topological polar surface area (TPSA) is 119 Å². The van der Waals surface area contributed by atoms with Crippen LogP contribution in [0, 0.1) is 36.5 Å². The molecule has 6 rings (SSSR count). The van der Waals surface area contributed by atoms with Crippen LogP contribution < -0.4 is 16.0 Å². The van der Waals surface area contributed by atoms with Crippen LogP contribution in [0.5, 0.6) is 0 Å². The molecule has 4 bridgehead atoms. The Morgan fingerprint density at radius 1 is 1.15 bits per heavy atom. The summed E-state index contributed by atoms with van der Waals surface area (Å²) in [4.78, 5) is 30.7. The van der Waals surface area contributed by atoms with Crippen molar-refractivity contribution in [2.45, 2.75) is 102 Å². The first-order chi connectivity index (χ1) is 18.8. The molecule has 1 saturated heterocycles. The van der Waals surface area contributed by atoms with Crippen molar-refractivity contribution >= 4 is 17.5 Å². The summed E-state index contributed by atoms with van der Waals surface area (Å²) in [5.74, 6) is 0.998. The Morgan fingerprint density at radius 2 is 1.80 bits per heavy atom. The minimum atomic E-state index is -0.863. The van der Waals surface area contributed by atoms with Crippen LogP contribution in [0.4, 0.5) is 5.69 Å². The number of piperazine rings is 1. The number of benzene rings is 1. The summed E-state index contributed by atoms with van der Waals surface area (Å²) in [5.41, 5.74) is 7.69. The third kappa shape index (κ3) is 5.83. The van der Waals surface area contributed by atoms with Crippen LogP contribution in [0.15, 0.2) is 24.3 Å². The van der Waals surface area contributed by atoms with Crippen LogP contribution in [-0.2, 0) is 9.59 Å². The van der Waals surface area contributed by atoms with Gasteiger partial charge in [-0.3, -0.25) is 14.5 Å². The van der Waals surface area contributed by atoms with Crippen molar-refractivity contribution in [2.75, 3.05) is 24.5 Å². The standard InChI is InChI=1S/C32H50N4O4/c1-19(2)24(30(39)34-29-22-10-21-11-23(29)15-32(40,13-21)14-22)12-27(37)25(33)16-35-17-28(38)36(18-31(35,4)5)26-9-7-6-8-20(26)3/h6-9,19,21-25,27,29,37,40H,10-18,33H2,1-5H3,(H,34,39)/t21?,22?,23?,24-,25-,27-,29?,32?/m0/s1. The second-order valence-corrected chi connectivity index (χ2v) is 14.5. The van der Waals surface area contributed by atoms with E-state index in [1.54, 1.807) is 0 Å². The second kappa shape index (κ2) is 11.0. The van der Waals surface area contributed by atoms with Gasteiger partial charge < -0.3 is 26.2 Å². The Bertz CT molecular complexity index is 1090. The predicted octanol–water partition coefficient (Wildman–Crippen LogP) is 2.83. The zero-order valence-corrected chi connectivity index (χ0v) is 25.0. The maximum absolute atomic E-state index is 13.6. The van der Waals surface area contributed by atoms with Crippen molar-refractivity contribution < 1.29 is 19.8 Å². The van der Waals surface area contributed by atoms with E-state index in [1.165, 1.54) is 0 Å². The molecule has 5 N–H and O–H groups in total. The largest absolute Gasteiger partial charge is 0.391 e. The first-order valence-electron chi connectivity index (χ1n) is 15.3. The molecule has 0 aromatic heterocycles. The molecule has 5 atom stereocenters. The van der Waals surface area contributed by atoms with Crippen LogP contribution in [0.3, 0.4) is 0 Å². The van der Waals surface area contributed by atoms with E-state index in [2.05, 4.69) is 24.1 Å². The molecule has 5 aliphatic rings. The van der Waals surface area contributed by atoms with Crippen molar-refractivity contribution in [2.24, 2.45) is 35.3 Å². The maximum Gasteiger partial charge on any atom is 0.241 e. The van der Waals surface area contributed by atoms with Crippen LogP contribution in [0.1, 0.15) is 71.8 Å². The lowest BCUT2D eigenvalue weighted by molar-refractivity contribution is -0.149. The average Bonchev–Trinajstić information content (AvgIpc) is 2.85. The normalized spacial score (nSPS) is 33.7. The van der Waals surface area contributed by atoms with Crippen molar-refractivity contribution in [3.63, 3.8) is 0 Å². The Hall–Kier alpha value is -2.00. The fraction of sp³-hybridized carbons (Fsp3) is 0.750. The molecule has 1 aromatic rings. The van der Waals surface area contributed by atoms with Gasteiger partial charge in [-0.15, -0.1) is 0 Å². The third-order valence-electron chi connectivity index (χ3n) is 10.5. The number of nitrogens with one attached hydrogen (secondary N) is 1. The number of hydrogen-bond acceptors (Lipinski definition) is 6. The molecule has 4 aliphatic carbocycles. The number of nitrogens with zero attached hydrogens (tertiary/aromatic N) is 2. The molecule has 1 heterocycles. The van der Waals surface area contributed by atoms with Gasteiger partial charge in [0.15, 0.2) is 0 Å². The minimum absolute atomic E-state index is 0.00642. The Balaban J connectivity index is 1.19. The highest BCUT2D eigenvalue weighted by molar-refractivity contribution is 5.96. The first kappa shape index (κ1) is 29.5. The van der Waals surface area contributed by atoms with Gasteiger partial charge in [-0.05, 0) is 94.6 Å². The molecular weight excluding hydrogens is 504 g/mol. The number of hydrogen-bond donors (Lipinski definition) is 4. The SMILES string of the molecule is Cc1ccccc1N1CC(C)(C)N(C[C@H](N)[C@@H](O)C[C@H](C(=O)NC2C3CC4CC2CC(O)(C4)C3)C(C)C)CC1=O. The summed E-state index contributed by atoms with van der Waals surface area (Å²) in [6, 6.07) is 7.46. The van der Waals surface area contributed by atoms with E-state index >= 15 is 0 Å². The predicted molar refractivity (Wildman–Crippen MR) is 157 cm³/mol. The van der Waals surface area contributed by atoms with E-state index in [0.29, 0.717) is 30.8 Å². The summed E-state index contributed by atoms with van der Waals surface area (Å²) in [6.45, 7) is 11.4. The highest BCUT2D eigenvalue weighted by Crippen LogP contribution is 2.55. The number of aryl methyl sites for hydroxylation is 1. The number of amides is 2. The summed E-state index contributed by atoms with van der Waals surface area (Å²) in [5, 5.41) is 25.5. The quantitative estimate of drug-likeness (QED) is 0.373. The number of rotatable bonds is 9. The monoisotopic (exact) mass is 554 g/mol. The Labute approximate surface area is 239 Å². The maximum atomic E-state index is 13.6. The molecule has 2 unspecified atom stereocenters. The van der Waals surface area contributed by atoms with E-state index in [-0.39, 0.29) is 48.2 Å². The number of aliphatic hydroxyl groups excluding tert-OH is 1. The molecular formula is C32H50N4O4. The lowest BCUT2D eigenvalue weighted by atomic mass is 9.52. The summed E-state index contributed by atoms with van der Waals surface area (Å²) >= 11 is 0. The van der Waals surface area contributed by atoms with Crippen LogP contribution in [0.2, 0.25) is 0 Å². The molecule has 4 saturated carbocycles. The number of carbonyl (C=O) groups is 2. The zero-order chi connectivity index (χ0) is 29.0. The van der Waals surface area contributed by atoms with Crippen molar-refractivity contribution in [1.29, 1.82) is 0 Å². The molecule has 0 spiro atoms. The summed E-state index contributed by atoms with van der Waals surface area (Å²) in [7, 11) is 0. The van der Waals surface area contributed by atoms with E-state index in [4.69, 9.17) is 5.73 Å². The molecule has 1 aromatic carbocycles. The molecule has 40 heavy (non-hydrogen) atoms. The van der Waals surface area contributed by atoms with Crippen molar-refractivity contribution in [1.82, 2.24) is 10.2 Å². The number of carbonyl (C=O) groups excluding carboxylic acids is 2. The Kier molecular flexibility index (Phi) is 8.12. The minimum Gasteiger partial charge on any atom is -0.391 e. The second-order valence-electron chi connectivity index (χ2n) is 14.5. The van der Waals surface area contributed by atoms with Gasteiger partial charge in [0.1, 0.15) is 0 Å². The summed E-state index contributed by atoms with van der Waals surface area (Å²) in [6.07, 6.45) is 4.11. The number of anilines is 1. The summed E-state index contributed by atoms with van der Waals surface area (Å²) < 4.78 is 0. The van der Waals surface area contributed by atoms with Gasteiger partial charge in [-0.1, -0.05) is 32.0 Å². The molecule has 8 nitrogen and oxygen atoms in total. The highest BCUT2D eigenvalue weighted by Gasteiger charge is 2.55. The average molecular weight is 555 g/mol. The van der Waals surface area contributed by atoms with E-state index in [0.717, 1.165) is 43.4 Å². The van der Waals surface area contributed by atoms with Gasteiger partial charge in [-0.2, -0.15) is 0 Å². The van der Waals surface area contributed by atoms with E-state index in [1.807, 2.05) is 49.9 Å². The first-order valence-corrected chi connectivity index (χ1v) is 15.3. The van der Waals surface area contributed by atoms with Crippen LogP contribution in [0.25, 0.3) is 0 Å². The van der Waals surface area contributed by atoms with E-state index < -0.39 is 17.7 Å². The molecule has 8 heteroatoms. The van der Waals surface area contributed by atoms with Gasteiger partial charge in [0.2, 0.25) is 11.8 Å². The molecule has 0 radical (unpaired) electrons. The zero-order valence-electron chi connectivity index (χ0n) is 25.0. The number of aliphatic hydroxyl groups is 2. The van der Waals surface area contributed by atoms with Gasteiger partial charge >= 0.3 is 0 Å². The molecule has 1 aliphatic heterocycles. The van der Waals surface area contributed by atoms with E-state index in [9.17, 15) is 19.8 Å². The fourth-order valence-corrected chi connectivity index (χ4v) is 8.42. The van der Waals surface area contributed by atoms with Gasteiger partial charge in [0.05, 0.1) is 18.2 Å². The van der Waals surface area contributed by atoms with Crippen molar-refractivity contribution in [3.8, 4) is 0 Å². The molecule has 5 fully saturated rings. The lowest BCUT2D eigenvalue weighted by Gasteiger charge is -2.58. The number of nitrogens with two attached hydrogens (primary N) is 1. The highest BCUT2D eigenvalue weighted by atomic mass is 16.3. The Morgan fingerprint density at radius 3 is 2.40 bits per heavy atom. The van der Waals surface area contributed by atoms with Gasteiger partial charge in [0, 0.05) is 42.3 Å². The number of para-hydroxylation sites is 1.